The van der Waals surface area contributed by atoms with Crippen molar-refractivity contribution in [3.8, 4) is 0 Å². The number of likely N-dealkylation sites (tertiary alicyclic amines) is 1. The molecule has 0 bridgehead atoms. The number of aryl methyl sites for hydroxylation is 1. The highest BCUT2D eigenvalue weighted by Gasteiger charge is 2.57. The number of fused-ring (bicyclic) bond motifs is 2. The Morgan fingerprint density at radius 1 is 1.28 bits per heavy atom. The van der Waals surface area contributed by atoms with Crippen LogP contribution < -0.4 is 0 Å². The average molecular weight is 477 g/mol. The predicted molar refractivity (Wildman–Crippen MR) is 124 cm³/mol. The summed E-state index contributed by atoms with van der Waals surface area (Å²) in [6.45, 7) is 7.18. The van der Waals surface area contributed by atoms with Crippen LogP contribution in [0, 0.1) is 5.41 Å². The van der Waals surface area contributed by atoms with Crippen LogP contribution >= 0.6 is 11.3 Å². The molecule has 1 saturated carbocycles. The standard InChI is InChI=1S/C23H32N4O3S2/c1-3-19-8-20-21(31-19)4-7-30-23(20)5-6-26(16(2)9-23)12-17-13-27(25-24-17)18-10-22(11-18)14-32(28,29)15-22/h8,13,16,18H,3-7,9-12,14-15H2,1-2H3/t16-,23+/m0/s1. The van der Waals surface area contributed by atoms with E-state index in [0.717, 1.165) is 63.9 Å². The molecule has 1 aliphatic carbocycles. The molecule has 0 N–H and O–H groups in total. The first kappa shape index (κ1) is 21.3. The van der Waals surface area contributed by atoms with E-state index in [4.69, 9.17) is 4.74 Å². The highest BCUT2D eigenvalue weighted by Crippen LogP contribution is 2.55. The number of rotatable bonds is 4. The van der Waals surface area contributed by atoms with Gasteiger partial charge < -0.3 is 4.74 Å². The van der Waals surface area contributed by atoms with Gasteiger partial charge in [0.2, 0.25) is 0 Å². The van der Waals surface area contributed by atoms with Crippen molar-refractivity contribution in [2.45, 2.75) is 76.6 Å². The Bertz CT molecular complexity index is 1120. The summed E-state index contributed by atoms with van der Waals surface area (Å²) in [5, 5.41) is 8.83. The first-order valence-electron chi connectivity index (χ1n) is 11.9. The van der Waals surface area contributed by atoms with E-state index in [1.54, 1.807) is 0 Å². The van der Waals surface area contributed by atoms with Crippen molar-refractivity contribution >= 4 is 21.2 Å². The van der Waals surface area contributed by atoms with Gasteiger partial charge in [-0.2, -0.15) is 0 Å². The predicted octanol–water partition coefficient (Wildman–Crippen LogP) is 3.10. The van der Waals surface area contributed by atoms with Gasteiger partial charge in [-0.05, 0) is 50.7 Å². The van der Waals surface area contributed by atoms with Crippen molar-refractivity contribution < 1.29 is 13.2 Å². The van der Waals surface area contributed by atoms with Crippen molar-refractivity contribution in [2.75, 3.05) is 24.7 Å². The van der Waals surface area contributed by atoms with Gasteiger partial charge in [0.15, 0.2) is 9.84 Å². The molecule has 0 aromatic carbocycles. The summed E-state index contributed by atoms with van der Waals surface area (Å²) in [6, 6.07) is 3.12. The number of ether oxygens (including phenoxy) is 1. The van der Waals surface area contributed by atoms with E-state index < -0.39 is 9.84 Å². The molecule has 3 fully saturated rings. The summed E-state index contributed by atoms with van der Waals surface area (Å²) in [6.07, 6.45) is 8.10. The maximum atomic E-state index is 11.5. The normalized spacial score (nSPS) is 31.4. The van der Waals surface area contributed by atoms with Gasteiger partial charge in [-0.15, -0.1) is 16.4 Å². The molecule has 2 saturated heterocycles. The second kappa shape index (κ2) is 7.35. The lowest BCUT2D eigenvalue weighted by atomic mass is 9.67. The third kappa shape index (κ3) is 3.47. The van der Waals surface area contributed by atoms with Gasteiger partial charge in [0.05, 0.1) is 41.6 Å². The Labute approximate surface area is 194 Å². The average Bonchev–Trinajstić information content (AvgIpc) is 3.34. The van der Waals surface area contributed by atoms with Gasteiger partial charge in [-0.25, -0.2) is 13.1 Å². The molecule has 7 nitrogen and oxygen atoms in total. The highest BCUT2D eigenvalue weighted by molar-refractivity contribution is 7.92. The van der Waals surface area contributed by atoms with Crippen LogP contribution in [-0.2, 0) is 39.6 Å². The number of hydrogen-bond acceptors (Lipinski definition) is 7. The second-order valence-electron chi connectivity index (χ2n) is 10.6. The second-order valence-corrected chi connectivity index (χ2v) is 13.8. The fourth-order valence-electron chi connectivity index (χ4n) is 6.54. The molecule has 3 aliphatic heterocycles. The summed E-state index contributed by atoms with van der Waals surface area (Å²) in [5.74, 6) is 0.720. The number of nitrogens with zero attached hydrogens (tertiary/aromatic N) is 4. The Balaban J connectivity index is 1.09. The number of thiophene rings is 1. The highest BCUT2D eigenvalue weighted by atomic mass is 32.2. The Morgan fingerprint density at radius 3 is 2.81 bits per heavy atom. The van der Waals surface area contributed by atoms with Crippen molar-refractivity contribution in [3.05, 3.63) is 33.3 Å². The molecule has 2 atom stereocenters. The van der Waals surface area contributed by atoms with Crippen LogP contribution in [0.15, 0.2) is 12.3 Å². The smallest absolute Gasteiger partial charge is 0.151 e. The zero-order valence-corrected chi connectivity index (χ0v) is 20.6. The largest absolute Gasteiger partial charge is 0.370 e. The molecule has 32 heavy (non-hydrogen) atoms. The van der Waals surface area contributed by atoms with Gasteiger partial charge in [0, 0.05) is 40.7 Å². The van der Waals surface area contributed by atoms with Gasteiger partial charge in [-0.3, -0.25) is 4.90 Å². The monoisotopic (exact) mass is 476 g/mol. The number of hydrogen-bond donors (Lipinski definition) is 0. The van der Waals surface area contributed by atoms with Crippen molar-refractivity contribution in [1.29, 1.82) is 0 Å². The molecular formula is C23H32N4O3S2. The van der Waals surface area contributed by atoms with E-state index in [0.29, 0.717) is 23.6 Å². The lowest BCUT2D eigenvalue weighted by Gasteiger charge is -2.52. The van der Waals surface area contributed by atoms with Gasteiger partial charge in [0.1, 0.15) is 0 Å². The van der Waals surface area contributed by atoms with Crippen LogP contribution in [-0.4, -0.2) is 59.0 Å². The van der Waals surface area contributed by atoms with Crippen LogP contribution in [0.1, 0.15) is 66.6 Å². The fourth-order valence-corrected chi connectivity index (χ4v) is 9.97. The molecule has 2 spiro atoms. The third-order valence-electron chi connectivity index (χ3n) is 8.14. The van der Waals surface area contributed by atoms with Gasteiger partial charge >= 0.3 is 0 Å². The van der Waals surface area contributed by atoms with E-state index >= 15 is 0 Å². The molecule has 0 unspecified atom stereocenters. The molecule has 2 aromatic rings. The van der Waals surface area contributed by atoms with E-state index in [1.807, 2.05) is 16.0 Å². The molecule has 6 rings (SSSR count). The molecule has 5 heterocycles. The first-order chi connectivity index (χ1) is 15.3. The molecule has 9 heteroatoms. The Kier molecular flexibility index (Phi) is 4.88. The van der Waals surface area contributed by atoms with E-state index in [2.05, 4.69) is 41.3 Å². The van der Waals surface area contributed by atoms with E-state index in [1.165, 1.54) is 15.3 Å². The molecule has 0 amide bonds. The van der Waals surface area contributed by atoms with Gasteiger partial charge in [0.25, 0.3) is 0 Å². The Hall–Kier alpha value is -1.29. The lowest BCUT2D eigenvalue weighted by Crippen LogP contribution is -2.56. The van der Waals surface area contributed by atoms with E-state index in [9.17, 15) is 8.42 Å². The SMILES string of the molecule is CCc1cc2c(s1)CCO[C@@]21CCN(Cc2cn(C3CC4(C3)CS(=O)(=O)C4)nn2)[C@@H](C)C1. The number of piperidine rings is 1. The van der Waals surface area contributed by atoms with Gasteiger partial charge in [-0.1, -0.05) is 12.1 Å². The van der Waals surface area contributed by atoms with Crippen LogP contribution in [0.2, 0.25) is 0 Å². The summed E-state index contributed by atoms with van der Waals surface area (Å²) in [7, 11) is -2.77. The zero-order valence-electron chi connectivity index (χ0n) is 18.9. The van der Waals surface area contributed by atoms with Crippen molar-refractivity contribution in [1.82, 2.24) is 19.9 Å². The maximum Gasteiger partial charge on any atom is 0.151 e. The lowest BCUT2D eigenvalue weighted by molar-refractivity contribution is -0.112. The van der Waals surface area contributed by atoms with Crippen molar-refractivity contribution in [3.63, 3.8) is 0 Å². The fraction of sp³-hybridized carbons (Fsp3) is 0.739. The molecule has 4 aliphatic rings. The van der Waals surface area contributed by atoms with E-state index in [-0.39, 0.29) is 11.0 Å². The van der Waals surface area contributed by atoms with Crippen LogP contribution in [0.4, 0.5) is 0 Å². The minimum absolute atomic E-state index is 0.0312. The maximum absolute atomic E-state index is 11.5. The molecule has 174 valence electrons. The molecule has 2 aromatic heterocycles. The number of aromatic nitrogens is 3. The number of sulfone groups is 1. The van der Waals surface area contributed by atoms with Crippen LogP contribution in [0.25, 0.3) is 0 Å². The minimum Gasteiger partial charge on any atom is -0.370 e. The first-order valence-corrected chi connectivity index (χ1v) is 14.5. The quantitative estimate of drug-likeness (QED) is 0.675. The summed E-state index contributed by atoms with van der Waals surface area (Å²) < 4.78 is 31.5. The van der Waals surface area contributed by atoms with Crippen LogP contribution in [0.5, 0.6) is 0 Å². The zero-order chi connectivity index (χ0) is 22.1. The van der Waals surface area contributed by atoms with Crippen LogP contribution in [0.3, 0.4) is 0 Å². The molecular weight excluding hydrogens is 444 g/mol. The summed E-state index contributed by atoms with van der Waals surface area (Å²) >= 11 is 1.98. The third-order valence-corrected chi connectivity index (χ3v) is 11.6. The topological polar surface area (TPSA) is 77.3 Å². The Morgan fingerprint density at radius 2 is 2.09 bits per heavy atom. The van der Waals surface area contributed by atoms with Crippen molar-refractivity contribution in [2.24, 2.45) is 5.41 Å². The minimum atomic E-state index is -2.77. The summed E-state index contributed by atoms with van der Waals surface area (Å²) in [5.41, 5.74) is 2.38. The summed E-state index contributed by atoms with van der Waals surface area (Å²) in [4.78, 5) is 5.52. The molecule has 0 radical (unpaired) electrons.